The molecular weight excluding hydrogens is 535 g/mol. The number of nitrogens with zero attached hydrogens (tertiary/aromatic N) is 2. The Bertz CT molecular complexity index is 930. The lowest BCUT2D eigenvalue weighted by molar-refractivity contribution is 0.223. The highest BCUT2D eigenvalue weighted by Gasteiger charge is 2.19. The molecular formula is C20H31IN4O3S2. The summed E-state index contributed by atoms with van der Waals surface area (Å²) in [6.07, 6.45) is -0.0424. The van der Waals surface area contributed by atoms with Gasteiger partial charge >= 0.3 is 0 Å². The minimum atomic E-state index is -3.40. The van der Waals surface area contributed by atoms with Gasteiger partial charge in [-0.25, -0.2) is 17.7 Å². The first-order chi connectivity index (χ1) is 13.7. The molecule has 2 N–H and O–H groups in total. The maximum atomic E-state index is 12.2. The molecule has 168 valence electrons. The fourth-order valence-electron chi connectivity index (χ4n) is 2.46. The number of benzene rings is 1. The molecule has 1 atom stereocenters. The Labute approximate surface area is 201 Å². The van der Waals surface area contributed by atoms with Gasteiger partial charge in [-0.2, -0.15) is 0 Å². The number of guanidine groups is 1. The zero-order valence-electron chi connectivity index (χ0n) is 18.0. The molecule has 10 heteroatoms. The molecule has 1 heterocycles. The van der Waals surface area contributed by atoms with Crippen molar-refractivity contribution in [1.29, 1.82) is 0 Å². The average Bonchev–Trinajstić information content (AvgIpc) is 3.13. The average molecular weight is 567 g/mol. The number of thiophene rings is 1. The predicted octanol–water partition coefficient (Wildman–Crippen LogP) is 3.45. The predicted molar refractivity (Wildman–Crippen MR) is 135 cm³/mol. The van der Waals surface area contributed by atoms with Crippen molar-refractivity contribution in [2.45, 2.75) is 37.6 Å². The van der Waals surface area contributed by atoms with E-state index < -0.39 is 10.0 Å². The Morgan fingerprint density at radius 3 is 2.60 bits per heavy atom. The second-order valence-electron chi connectivity index (χ2n) is 6.83. The summed E-state index contributed by atoms with van der Waals surface area (Å²) in [5.74, 6) is 1.51. The number of halogens is 1. The smallest absolute Gasteiger partial charge is 0.252 e. The van der Waals surface area contributed by atoms with Crippen molar-refractivity contribution in [3.63, 3.8) is 0 Å². The van der Waals surface area contributed by atoms with Crippen LogP contribution in [0.2, 0.25) is 0 Å². The van der Waals surface area contributed by atoms with Gasteiger partial charge in [0, 0.05) is 25.5 Å². The van der Waals surface area contributed by atoms with Crippen LogP contribution in [-0.4, -0.2) is 52.0 Å². The third kappa shape index (κ3) is 8.05. The minimum absolute atomic E-state index is 0. The van der Waals surface area contributed by atoms with Crippen molar-refractivity contribution in [3.05, 3.63) is 46.8 Å². The zero-order chi connectivity index (χ0) is 21.4. The molecule has 0 bridgehead atoms. The Kier molecular flexibility index (Phi) is 11.1. The number of hydrogen-bond donors (Lipinski definition) is 2. The molecule has 0 aliphatic carbocycles. The summed E-state index contributed by atoms with van der Waals surface area (Å²) in [7, 11) is -0.348. The molecule has 0 spiro atoms. The van der Waals surface area contributed by atoms with Gasteiger partial charge in [-0.05, 0) is 50.6 Å². The monoisotopic (exact) mass is 566 g/mol. The first-order valence-electron chi connectivity index (χ1n) is 9.49. The maximum Gasteiger partial charge on any atom is 0.252 e. The van der Waals surface area contributed by atoms with E-state index in [9.17, 15) is 8.42 Å². The summed E-state index contributed by atoms with van der Waals surface area (Å²) in [5.41, 5.74) is 1.16. The first kappa shape index (κ1) is 26.7. The molecule has 0 amide bonds. The lowest BCUT2D eigenvalue weighted by atomic mass is 10.2. The third-order valence-electron chi connectivity index (χ3n) is 3.99. The molecule has 30 heavy (non-hydrogen) atoms. The van der Waals surface area contributed by atoms with E-state index in [0.29, 0.717) is 23.3 Å². The van der Waals surface area contributed by atoms with E-state index in [1.807, 2.05) is 45.0 Å². The molecule has 1 aromatic carbocycles. The second-order valence-corrected chi connectivity index (χ2v) is 10.4. The van der Waals surface area contributed by atoms with Crippen molar-refractivity contribution in [2.75, 3.05) is 27.2 Å². The molecule has 2 rings (SSSR count). The number of ether oxygens (including phenoxy) is 1. The third-order valence-corrected chi connectivity index (χ3v) is 7.35. The summed E-state index contributed by atoms with van der Waals surface area (Å²) >= 11 is 1.24. The molecule has 0 fully saturated rings. The molecule has 1 unspecified atom stereocenters. The second kappa shape index (κ2) is 12.5. The number of nitrogens with one attached hydrogen (secondary N) is 2. The van der Waals surface area contributed by atoms with Gasteiger partial charge in [0.15, 0.2) is 5.96 Å². The summed E-state index contributed by atoms with van der Waals surface area (Å²) in [5, 5.41) is 6.47. The van der Waals surface area contributed by atoms with Crippen LogP contribution in [0, 0.1) is 6.92 Å². The fraction of sp³-hybridized carbons (Fsp3) is 0.450. The van der Waals surface area contributed by atoms with Crippen LogP contribution >= 0.6 is 35.3 Å². The fourth-order valence-corrected chi connectivity index (χ4v) is 4.91. The highest BCUT2D eigenvalue weighted by Crippen LogP contribution is 2.24. The van der Waals surface area contributed by atoms with Gasteiger partial charge in [0.25, 0.3) is 10.0 Å². The number of sulfonamides is 1. The number of hydrogen-bond acceptors (Lipinski definition) is 5. The van der Waals surface area contributed by atoms with Crippen LogP contribution in [0.5, 0.6) is 5.75 Å². The van der Waals surface area contributed by atoms with Gasteiger partial charge < -0.3 is 15.4 Å². The van der Waals surface area contributed by atoms with E-state index >= 15 is 0 Å². The lowest BCUT2D eigenvalue weighted by Gasteiger charge is -2.18. The van der Waals surface area contributed by atoms with E-state index in [0.717, 1.165) is 22.7 Å². The number of aryl methyl sites for hydroxylation is 1. The Morgan fingerprint density at radius 1 is 1.23 bits per heavy atom. The van der Waals surface area contributed by atoms with Crippen LogP contribution in [0.4, 0.5) is 0 Å². The largest absolute Gasteiger partial charge is 0.489 e. The van der Waals surface area contributed by atoms with Crippen LogP contribution < -0.4 is 15.4 Å². The van der Waals surface area contributed by atoms with E-state index in [2.05, 4.69) is 15.6 Å². The topological polar surface area (TPSA) is 83.0 Å². The summed E-state index contributed by atoms with van der Waals surface area (Å²) in [6.45, 7) is 7.74. The van der Waals surface area contributed by atoms with Crippen molar-refractivity contribution >= 4 is 51.3 Å². The van der Waals surface area contributed by atoms with Gasteiger partial charge in [-0.15, -0.1) is 35.3 Å². The normalized spacial score (nSPS) is 12.9. The summed E-state index contributed by atoms with van der Waals surface area (Å²) in [6, 6.07) is 11.4. The van der Waals surface area contributed by atoms with Crippen LogP contribution in [0.25, 0.3) is 0 Å². The van der Waals surface area contributed by atoms with E-state index in [1.165, 1.54) is 29.7 Å². The lowest BCUT2D eigenvalue weighted by Crippen LogP contribution is -2.41. The Balaban J connectivity index is 0.00000450. The zero-order valence-corrected chi connectivity index (χ0v) is 22.0. The molecule has 0 saturated heterocycles. The summed E-state index contributed by atoms with van der Waals surface area (Å²) in [4.78, 5) is 5.44. The van der Waals surface area contributed by atoms with Crippen molar-refractivity contribution in [2.24, 2.45) is 4.99 Å². The van der Waals surface area contributed by atoms with Crippen LogP contribution in [0.1, 0.15) is 24.3 Å². The van der Waals surface area contributed by atoms with Crippen molar-refractivity contribution < 1.29 is 13.2 Å². The van der Waals surface area contributed by atoms with Gasteiger partial charge in [-0.3, -0.25) is 0 Å². The van der Waals surface area contributed by atoms with Gasteiger partial charge in [0.1, 0.15) is 16.1 Å². The highest BCUT2D eigenvalue weighted by molar-refractivity contribution is 14.0. The van der Waals surface area contributed by atoms with E-state index in [-0.39, 0.29) is 30.1 Å². The van der Waals surface area contributed by atoms with Gasteiger partial charge in [0.2, 0.25) is 0 Å². The van der Waals surface area contributed by atoms with Crippen LogP contribution in [0.3, 0.4) is 0 Å². The molecule has 7 nitrogen and oxygen atoms in total. The highest BCUT2D eigenvalue weighted by atomic mass is 127. The molecule has 1 aromatic heterocycles. The Hall–Kier alpha value is -1.37. The molecule has 0 aliphatic rings. The van der Waals surface area contributed by atoms with Gasteiger partial charge in [-0.1, -0.05) is 12.1 Å². The quantitative estimate of drug-likeness (QED) is 0.276. The van der Waals surface area contributed by atoms with Crippen molar-refractivity contribution in [3.8, 4) is 5.75 Å². The van der Waals surface area contributed by atoms with Crippen LogP contribution in [-0.2, 0) is 16.6 Å². The molecule has 0 radical (unpaired) electrons. The summed E-state index contributed by atoms with van der Waals surface area (Å²) < 4.78 is 31.9. The first-order valence-corrected chi connectivity index (χ1v) is 11.7. The molecule has 0 aliphatic heterocycles. The SMILES string of the molecule is CCNC(=NCc1ccc(S(=O)(=O)N(C)C)s1)NCC(C)Oc1cccc(C)c1.I. The van der Waals surface area contributed by atoms with E-state index in [1.54, 1.807) is 12.1 Å². The van der Waals surface area contributed by atoms with E-state index in [4.69, 9.17) is 4.74 Å². The standard InChI is InChI=1S/C20H30N4O3S2.HI/c1-6-21-20(22-13-16(3)27-17-9-7-8-15(2)12-17)23-14-18-10-11-19(28-18)29(25,26)24(4)5;/h7-12,16H,6,13-14H2,1-5H3,(H2,21,22,23);1H. The van der Waals surface area contributed by atoms with Crippen molar-refractivity contribution in [1.82, 2.24) is 14.9 Å². The Morgan fingerprint density at radius 2 is 1.97 bits per heavy atom. The van der Waals surface area contributed by atoms with Gasteiger partial charge in [0.05, 0.1) is 13.1 Å². The molecule has 2 aromatic rings. The molecule has 0 saturated carbocycles. The number of aliphatic imine (C=N–C) groups is 1. The number of rotatable bonds is 9. The van der Waals surface area contributed by atoms with Crippen LogP contribution in [0.15, 0.2) is 45.6 Å². The minimum Gasteiger partial charge on any atom is -0.489 e. The maximum absolute atomic E-state index is 12.2.